The third-order valence-electron chi connectivity index (χ3n) is 3.18. The second-order valence-corrected chi connectivity index (χ2v) is 4.37. The van der Waals surface area contributed by atoms with Crippen LogP contribution in [-0.2, 0) is 0 Å². The van der Waals surface area contributed by atoms with E-state index in [0.717, 1.165) is 18.5 Å². The van der Waals surface area contributed by atoms with Crippen molar-refractivity contribution in [2.24, 2.45) is 0 Å². The van der Waals surface area contributed by atoms with Crippen molar-refractivity contribution in [3.05, 3.63) is 23.3 Å². The molecule has 2 heterocycles. The standard InChI is InChI=1S/C11H12N4O2/c1-6-12-11-13-8(7-3-2-4-7)5-9(10(16)17)15(11)14-6/h5,7H,2-4H2,1H3,(H,16,17). The smallest absolute Gasteiger partial charge is 0.354 e. The molecule has 17 heavy (non-hydrogen) atoms. The summed E-state index contributed by atoms with van der Waals surface area (Å²) in [5.41, 5.74) is 0.964. The second-order valence-electron chi connectivity index (χ2n) is 4.37. The number of fused-ring (bicyclic) bond motifs is 1. The SMILES string of the molecule is Cc1nc2nc(C3CCC3)cc(C(=O)O)n2n1. The van der Waals surface area contributed by atoms with Gasteiger partial charge in [-0.1, -0.05) is 6.42 Å². The molecule has 0 radical (unpaired) electrons. The number of nitrogens with zero attached hydrogens (tertiary/aromatic N) is 4. The van der Waals surface area contributed by atoms with E-state index < -0.39 is 5.97 Å². The number of hydrogen-bond donors (Lipinski definition) is 1. The van der Waals surface area contributed by atoms with E-state index in [-0.39, 0.29) is 5.69 Å². The molecule has 1 aliphatic rings. The highest BCUT2D eigenvalue weighted by atomic mass is 16.4. The van der Waals surface area contributed by atoms with Crippen LogP contribution in [0.4, 0.5) is 0 Å². The third kappa shape index (κ3) is 1.56. The van der Waals surface area contributed by atoms with Crippen LogP contribution in [0.25, 0.3) is 5.78 Å². The Bertz CT molecular complexity index is 601. The Balaban J connectivity index is 2.22. The summed E-state index contributed by atoms with van der Waals surface area (Å²) in [5, 5.41) is 13.2. The highest BCUT2D eigenvalue weighted by molar-refractivity contribution is 5.86. The third-order valence-corrected chi connectivity index (χ3v) is 3.18. The van der Waals surface area contributed by atoms with E-state index in [1.165, 1.54) is 10.9 Å². The maximum absolute atomic E-state index is 11.2. The number of aromatic nitrogens is 4. The van der Waals surface area contributed by atoms with Gasteiger partial charge >= 0.3 is 5.97 Å². The Morgan fingerprint density at radius 2 is 2.24 bits per heavy atom. The second kappa shape index (κ2) is 3.51. The van der Waals surface area contributed by atoms with E-state index in [4.69, 9.17) is 0 Å². The predicted molar refractivity (Wildman–Crippen MR) is 59.1 cm³/mol. The van der Waals surface area contributed by atoms with Gasteiger partial charge in [0.1, 0.15) is 5.82 Å². The molecule has 3 rings (SSSR count). The molecule has 0 unspecified atom stereocenters. The molecule has 0 amide bonds. The van der Waals surface area contributed by atoms with E-state index in [1.807, 2.05) is 0 Å². The number of carbonyl (C=O) groups is 1. The van der Waals surface area contributed by atoms with Gasteiger partial charge in [0.2, 0.25) is 0 Å². The molecule has 0 bridgehead atoms. The van der Waals surface area contributed by atoms with Crippen LogP contribution in [0.2, 0.25) is 0 Å². The number of aromatic carboxylic acids is 1. The van der Waals surface area contributed by atoms with Gasteiger partial charge in [-0.25, -0.2) is 9.78 Å². The number of hydrogen-bond acceptors (Lipinski definition) is 4. The lowest BCUT2D eigenvalue weighted by molar-refractivity contribution is 0.0687. The van der Waals surface area contributed by atoms with E-state index in [1.54, 1.807) is 13.0 Å². The largest absolute Gasteiger partial charge is 0.477 e. The van der Waals surface area contributed by atoms with Gasteiger partial charge in [0.05, 0.1) is 0 Å². The molecule has 6 heteroatoms. The molecular formula is C11H12N4O2. The summed E-state index contributed by atoms with van der Waals surface area (Å²) in [5.74, 6) is 0.299. The van der Waals surface area contributed by atoms with Crippen molar-refractivity contribution in [2.45, 2.75) is 32.1 Å². The highest BCUT2D eigenvalue weighted by Gasteiger charge is 2.24. The Hall–Kier alpha value is -1.98. The van der Waals surface area contributed by atoms with Crippen molar-refractivity contribution in [3.8, 4) is 0 Å². The minimum absolute atomic E-state index is 0.137. The van der Waals surface area contributed by atoms with Crippen molar-refractivity contribution in [1.29, 1.82) is 0 Å². The maximum atomic E-state index is 11.2. The molecule has 0 spiro atoms. The summed E-state index contributed by atoms with van der Waals surface area (Å²) in [6, 6.07) is 1.62. The van der Waals surface area contributed by atoms with Crippen molar-refractivity contribution in [2.75, 3.05) is 0 Å². The normalized spacial score (nSPS) is 16.1. The summed E-state index contributed by atoms with van der Waals surface area (Å²) in [6.45, 7) is 1.73. The van der Waals surface area contributed by atoms with Crippen LogP contribution < -0.4 is 0 Å². The summed E-state index contributed by atoms with van der Waals surface area (Å²) in [7, 11) is 0. The molecule has 6 nitrogen and oxygen atoms in total. The molecule has 0 aromatic carbocycles. The van der Waals surface area contributed by atoms with Gasteiger partial charge in [-0.2, -0.15) is 9.50 Å². The zero-order valence-corrected chi connectivity index (χ0v) is 9.42. The van der Waals surface area contributed by atoms with Gasteiger partial charge in [-0.3, -0.25) is 0 Å². The Labute approximate surface area is 97.3 Å². The van der Waals surface area contributed by atoms with Crippen LogP contribution in [0.5, 0.6) is 0 Å². The monoisotopic (exact) mass is 232 g/mol. The summed E-state index contributed by atoms with van der Waals surface area (Å²) in [6.07, 6.45) is 3.34. The average Bonchev–Trinajstić information content (AvgIpc) is 2.53. The zero-order valence-electron chi connectivity index (χ0n) is 9.42. The van der Waals surface area contributed by atoms with E-state index in [2.05, 4.69) is 15.1 Å². The van der Waals surface area contributed by atoms with Crippen molar-refractivity contribution < 1.29 is 9.90 Å². The lowest BCUT2D eigenvalue weighted by Gasteiger charge is -2.24. The minimum atomic E-state index is -0.997. The lowest BCUT2D eigenvalue weighted by Crippen LogP contribution is -2.15. The van der Waals surface area contributed by atoms with Crippen LogP contribution >= 0.6 is 0 Å². The van der Waals surface area contributed by atoms with Gasteiger partial charge < -0.3 is 5.11 Å². The summed E-state index contributed by atoms with van der Waals surface area (Å²) < 4.78 is 1.29. The number of rotatable bonds is 2. The number of carboxylic acids is 1. The van der Waals surface area contributed by atoms with E-state index in [9.17, 15) is 9.90 Å². The molecule has 0 atom stereocenters. The molecule has 2 aromatic heterocycles. The van der Waals surface area contributed by atoms with E-state index in [0.29, 0.717) is 17.5 Å². The molecule has 88 valence electrons. The molecule has 1 N–H and O–H groups in total. The first-order valence-electron chi connectivity index (χ1n) is 5.63. The minimum Gasteiger partial charge on any atom is -0.477 e. The van der Waals surface area contributed by atoms with Crippen LogP contribution in [-0.4, -0.2) is 30.7 Å². The first-order chi connectivity index (χ1) is 8.15. The van der Waals surface area contributed by atoms with Crippen LogP contribution in [0.3, 0.4) is 0 Å². The predicted octanol–water partition coefficient (Wildman–Crippen LogP) is 1.40. The first-order valence-corrected chi connectivity index (χ1v) is 5.63. The Morgan fingerprint density at radius 3 is 2.82 bits per heavy atom. The fourth-order valence-electron chi connectivity index (χ4n) is 2.05. The van der Waals surface area contributed by atoms with Crippen LogP contribution in [0, 0.1) is 6.92 Å². The number of aryl methyl sites for hydroxylation is 1. The fraction of sp³-hybridized carbons (Fsp3) is 0.455. The number of carboxylic acid groups (broad SMARTS) is 1. The van der Waals surface area contributed by atoms with Crippen molar-refractivity contribution >= 4 is 11.7 Å². The van der Waals surface area contributed by atoms with Gasteiger partial charge in [-0.05, 0) is 25.8 Å². The maximum Gasteiger partial charge on any atom is 0.354 e. The summed E-state index contributed by atoms with van der Waals surface area (Å²) >= 11 is 0. The molecule has 1 aliphatic carbocycles. The molecule has 1 saturated carbocycles. The Kier molecular flexibility index (Phi) is 2.10. The Morgan fingerprint density at radius 1 is 1.47 bits per heavy atom. The highest BCUT2D eigenvalue weighted by Crippen LogP contribution is 2.35. The van der Waals surface area contributed by atoms with Crippen molar-refractivity contribution in [1.82, 2.24) is 19.6 Å². The molecular weight excluding hydrogens is 220 g/mol. The van der Waals surface area contributed by atoms with Crippen LogP contribution in [0.1, 0.15) is 47.2 Å². The first kappa shape index (κ1) is 10.2. The molecule has 0 saturated heterocycles. The topological polar surface area (TPSA) is 80.4 Å². The average molecular weight is 232 g/mol. The summed E-state index contributed by atoms with van der Waals surface area (Å²) in [4.78, 5) is 19.7. The molecule has 0 aliphatic heterocycles. The molecule has 2 aromatic rings. The van der Waals surface area contributed by atoms with Gasteiger partial charge in [0.15, 0.2) is 5.69 Å². The quantitative estimate of drug-likeness (QED) is 0.846. The van der Waals surface area contributed by atoms with Gasteiger partial charge in [-0.15, -0.1) is 5.10 Å². The van der Waals surface area contributed by atoms with Crippen molar-refractivity contribution in [3.63, 3.8) is 0 Å². The fourth-order valence-corrected chi connectivity index (χ4v) is 2.05. The van der Waals surface area contributed by atoms with Crippen LogP contribution in [0.15, 0.2) is 6.07 Å². The lowest BCUT2D eigenvalue weighted by atomic mass is 9.82. The van der Waals surface area contributed by atoms with Gasteiger partial charge in [0.25, 0.3) is 5.78 Å². The van der Waals surface area contributed by atoms with Gasteiger partial charge in [0, 0.05) is 11.6 Å². The molecule has 1 fully saturated rings. The zero-order chi connectivity index (χ0) is 12.0. The van der Waals surface area contributed by atoms with E-state index >= 15 is 0 Å².